The number of carbonyl (C=O) groups excluding carboxylic acids is 2. The smallest absolute Gasteiger partial charge is 0.307 e. The Kier molecular flexibility index (Phi) is 11.9. The second kappa shape index (κ2) is 14.4. The van der Waals surface area contributed by atoms with Gasteiger partial charge < -0.3 is 20.5 Å². The Balaban J connectivity index is 2.23. The number of hydrogen-bond donors (Lipinski definition) is 3. The minimum atomic E-state index is -0.905. The molecule has 210 valence electrons. The first-order valence-electron chi connectivity index (χ1n) is 13.2. The van der Waals surface area contributed by atoms with E-state index in [2.05, 4.69) is 29.5 Å². The summed E-state index contributed by atoms with van der Waals surface area (Å²) in [4.78, 5) is 42.0. The van der Waals surface area contributed by atoms with Crippen LogP contribution in [0.3, 0.4) is 0 Å². The number of ether oxygens (including phenoxy) is 1. The third-order valence-electron chi connectivity index (χ3n) is 6.34. The minimum Gasteiger partial charge on any atom is -0.481 e. The maximum Gasteiger partial charge on any atom is 0.307 e. The quantitative estimate of drug-likeness (QED) is 0.278. The van der Waals surface area contributed by atoms with Crippen LogP contribution in [0.15, 0.2) is 35.7 Å². The molecule has 0 aliphatic carbocycles. The molecule has 0 saturated heterocycles. The van der Waals surface area contributed by atoms with Gasteiger partial charge in [0.05, 0.1) is 12.3 Å². The summed E-state index contributed by atoms with van der Waals surface area (Å²) in [6.07, 6.45) is 1.02. The second-order valence-corrected chi connectivity index (χ2v) is 12.4. The summed E-state index contributed by atoms with van der Waals surface area (Å²) < 4.78 is 5.90. The third-order valence-corrected chi connectivity index (χ3v) is 7.28. The fraction of sp³-hybridized carbons (Fsp3) is 0.586. The van der Waals surface area contributed by atoms with E-state index in [1.165, 1.54) is 11.3 Å². The van der Waals surface area contributed by atoms with Crippen LogP contribution in [0.5, 0.6) is 0 Å². The maximum atomic E-state index is 13.2. The van der Waals surface area contributed by atoms with Gasteiger partial charge in [0.1, 0.15) is 10.7 Å². The van der Waals surface area contributed by atoms with Crippen molar-refractivity contribution in [3.8, 4) is 0 Å². The van der Waals surface area contributed by atoms with Crippen LogP contribution in [0, 0.1) is 17.3 Å². The van der Waals surface area contributed by atoms with E-state index < -0.39 is 18.0 Å². The molecule has 0 fully saturated rings. The van der Waals surface area contributed by atoms with E-state index in [0.717, 1.165) is 5.56 Å². The van der Waals surface area contributed by atoms with Gasteiger partial charge in [0.25, 0.3) is 5.91 Å². The molecule has 0 aliphatic rings. The van der Waals surface area contributed by atoms with Crippen LogP contribution in [0.2, 0.25) is 0 Å². The van der Waals surface area contributed by atoms with E-state index in [-0.39, 0.29) is 47.9 Å². The highest BCUT2D eigenvalue weighted by molar-refractivity contribution is 7.09. The summed E-state index contributed by atoms with van der Waals surface area (Å²) in [5, 5.41) is 17.9. The summed E-state index contributed by atoms with van der Waals surface area (Å²) >= 11 is 1.29. The first kappa shape index (κ1) is 31.4. The van der Waals surface area contributed by atoms with Crippen LogP contribution in [0.1, 0.15) is 88.0 Å². The normalized spacial score (nSPS) is 14.9. The number of aromatic nitrogens is 1. The molecule has 1 aromatic heterocycles. The summed E-state index contributed by atoms with van der Waals surface area (Å²) in [6, 6.07) is 9.36. The van der Waals surface area contributed by atoms with E-state index in [1.54, 1.807) is 12.3 Å². The van der Waals surface area contributed by atoms with Gasteiger partial charge in [-0.25, -0.2) is 4.98 Å². The Morgan fingerprint density at radius 1 is 1.08 bits per heavy atom. The second-order valence-electron chi connectivity index (χ2n) is 11.5. The molecule has 0 bridgehead atoms. The molecule has 1 amide bonds. The third kappa shape index (κ3) is 10.5. The first-order valence-corrected chi connectivity index (χ1v) is 14.1. The topological polar surface area (TPSA) is 118 Å². The predicted molar refractivity (Wildman–Crippen MR) is 150 cm³/mol. The molecule has 0 saturated carbocycles. The van der Waals surface area contributed by atoms with Gasteiger partial charge in [0.2, 0.25) is 0 Å². The molecule has 1 aromatic carbocycles. The number of nitrogens with one attached hydrogen (secondary N) is 2. The number of carboxylic acid groups (broad SMARTS) is 1. The Labute approximate surface area is 230 Å². The Hall–Kier alpha value is -2.78. The average Bonchev–Trinajstić information content (AvgIpc) is 3.31. The van der Waals surface area contributed by atoms with E-state index in [9.17, 15) is 19.5 Å². The number of benzene rings is 1. The molecule has 0 aliphatic heterocycles. The summed E-state index contributed by atoms with van der Waals surface area (Å²) in [5.74, 6) is -1.89. The van der Waals surface area contributed by atoms with Crippen LogP contribution in [0.25, 0.3) is 0 Å². The van der Waals surface area contributed by atoms with Crippen molar-refractivity contribution in [3.05, 3.63) is 52.0 Å². The zero-order chi connectivity index (χ0) is 28.5. The number of esters is 1. The first-order chi connectivity index (χ1) is 17.8. The molecular weight excluding hydrogens is 502 g/mol. The van der Waals surface area contributed by atoms with Gasteiger partial charge in [-0.1, -0.05) is 71.9 Å². The monoisotopic (exact) mass is 545 g/mol. The highest BCUT2D eigenvalue weighted by atomic mass is 32.1. The number of hydrogen-bond acceptors (Lipinski definition) is 7. The van der Waals surface area contributed by atoms with Crippen LogP contribution in [-0.4, -0.2) is 47.1 Å². The van der Waals surface area contributed by atoms with Crippen LogP contribution >= 0.6 is 11.3 Å². The molecule has 3 N–H and O–H groups in total. The minimum absolute atomic E-state index is 0.0939. The molecule has 2 rings (SSSR count). The number of aliphatic carboxylic acids is 1. The highest BCUT2D eigenvalue weighted by Crippen LogP contribution is 2.30. The lowest BCUT2D eigenvalue weighted by molar-refractivity contribution is -0.152. The van der Waals surface area contributed by atoms with Crippen molar-refractivity contribution in [1.82, 2.24) is 15.6 Å². The van der Waals surface area contributed by atoms with Crippen molar-refractivity contribution in [2.24, 2.45) is 17.3 Å². The van der Waals surface area contributed by atoms with E-state index in [4.69, 9.17) is 4.74 Å². The van der Waals surface area contributed by atoms with Gasteiger partial charge in [-0.15, -0.1) is 11.3 Å². The molecule has 1 heterocycles. The van der Waals surface area contributed by atoms with E-state index in [1.807, 2.05) is 58.2 Å². The van der Waals surface area contributed by atoms with Crippen molar-refractivity contribution < 1.29 is 24.2 Å². The van der Waals surface area contributed by atoms with Crippen molar-refractivity contribution in [1.29, 1.82) is 0 Å². The molecule has 0 spiro atoms. The fourth-order valence-electron chi connectivity index (χ4n) is 4.21. The average molecular weight is 546 g/mol. The van der Waals surface area contributed by atoms with E-state index >= 15 is 0 Å². The molecule has 2 unspecified atom stereocenters. The Morgan fingerprint density at radius 3 is 2.29 bits per heavy atom. The molecule has 9 heteroatoms. The summed E-state index contributed by atoms with van der Waals surface area (Å²) in [6.45, 7) is 11.8. The number of thiazole rings is 1. The maximum absolute atomic E-state index is 13.2. The van der Waals surface area contributed by atoms with Crippen molar-refractivity contribution in [2.75, 3.05) is 7.05 Å². The lowest BCUT2D eigenvalue weighted by atomic mass is 9.92. The van der Waals surface area contributed by atoms with Crippen molar-refractivity contribution >= 4 is 29.2 Å². The predicted octanol–water partition coefficient (Wildman–Crippen LogP) is 5.25. The molecule has 38 heavy (non-hydrogen) atoms. The van der Waals surface area contributed by atoms with Crippen LogP contribution in [-0.2, 0) is 20.7 Å². The van der Waals surface area contributed by atoms with E-state index in [0.29, 0.717) is 23.8 Å². The number of carboxylic acids is 1. The lowest BCUT2D eigenvalue weighted by Crippen LogP contribution is -2.38. The SMILES string of the molecule is CN[C@H](C[C@@H](OC(=O)CC(C)(C)C)c1nc(C(=O)NC(Cc2ccccc2)CC(C)C(=O)O)cs1)C(C)C. The zero-order valence-corrected chi connectivity index (χ0v) is 24.4. The molecular formula is C29H43N3O5S. The number of nitrogens with zero attached hydrogens (tertiary/aromatic N) is 1. The standard InChI is InChI=1S/C29H43N3O5S/c1-18(2)22(30-7)15-24(37-25(33)16-29(4,5)6)27-32-23(17-38-27)26(34)31-21(13-19(3)28(35)36)14-20-11-9-8-10-12-20/h8-12,17-19,21-22,24,30H,13-16H2,1-7H3,(H,31,34)(H,35,36)/t19?,21?,22-,24-/m1/s1. The van der Waals surface area contributed by atoms with Gasteiger partial charge in [0.15, 0.2) is 6.10 Å². The molecule has 2 aromatic rings. The van der Waals surface area contributed by atoms with Crippen LogP contribution in [0.4, 0.5) is 0 Å². The van der Waals surface area contributed by atoms with Crippen molar-refractivity contribution in [2.45, 2.75) is 85.4 Å². The molecule has 8 nitrogen and oxygen atoms in total. The van der Waals surface area contributed by atoms with Gasteiger partial charge in [-0.3, -0.25) is 14.4 Å². The van der Waals surface area contributed by atoms with Crippen molar-refractivity contribution in [3.63, 3.8) is 0 Å². The van der Waals surface area contributed by atoms with Gasteiger partial charge >= 0.3 is 11.9 Å². The fourth-order valence-corrected chi connectivity index (χ4v) is 5.04. The number of rotatable bonds is 14. The van der Waals surface area contributed by atoms with Gasteiger partial charge in [-0.2, -0.15) is 0 Å². The number of amides is 1. The Morgan fingerprint density at radius 2 is 1.74 bits per heavy atom. The molecule has 4 atom stereocenters. The summed E-state index contributed by atoms with van der Waals surface area (Å²) in [5.41, 5.74) is 1.03. The lowest BCUT2D eigenvalue weighted by Gasteiger charge is -2.26. The summed E-state index contributed by atoms with van der Waals surface area (Å²) in [7, 11) is 1.88. The van der Waals surface area contributed by atoms with Gasteiger partial charge in [-0.05, 0) is 36.8 Å². The van der Waals surface area contributed by atoms with Crippen LogP contribution < -0.4 is 10.6 Å². The zero-order valence-electron chi connectivity index (χ0n) is 23.6. The van der Waals surface area contributed by atoms with Gasteiger partial charge in [0, 0.05) is 23.9 Å². The Bertz CT molecular complexity index is 1050. The number of carbonyl (C=O) groups is 3. The molecule has 0 radical (unpaired) electrons. The largest absolute Gasteiger partial charge is 0.481 e. The highest BCUT2D eigenvalue weighted by Gasteiger charge is 2.29.